The second-order valence-corrected chi connectivity index (χ2v) is 4.29. The number of aromatic nitrogens is 3. The quantitative estimate of drug-likeness (QED) is 0.774. The summed E-state index contributed by atoms with van der Waals surface area (Å²) in [5, 5.41) is 3.05. The summed E-state index contributed by atoms with van der Waals surface area (Å²) in [5.41, 5.74) is 0.827. The zero-order valence-corrected chi connectivity index (χ0v) is 10.9. The number of nitrogens with one attached hydrogen (secondary N) is 1. The molecule has 0 aliphatic rings. The van der Waals surface area contributed by atoms with Crippen LogP contribution in [0.3, 0.4) is 0 Å². The van der Waals surface area contributed by atoms with Crippen molar-refractivity contribution in [3.8, 4) is 0 Å². The van der Waals surface area contributed by atoms with Crippen LogP contribution >= 0.6 is 0 Å². The lowest BCUT2D eigenvalue weighted by atomic mass is 10.4. The summed E-state index contributed by atoms with van der Waals surface area (Å²) < 4.78 is 7.31. The predicted octanol–water partition coefficient (Wildman–Crippen LogP) is 2.00. The number of rotatable bonds is 4. The normalized spacial score (nSPS) is 10.8. The third-order valence-electron chi connectivity index (χ3n) is 2.95. The molecule has 98 valence electrons. The van der Waals surface area contributed by atoms with Gasteiger partial charge in [0, 0.05) is 26.5 Å². The molecule has 0 bridgehead atoms. The van der Waals surface area contributed by atoms with Crippen molar-refractivity contribution in [2.24, 2.45) is 0 Å². The Morgan fingerprint density at radius 1 is 1.47 bits per heavy atom. The number of fused-ring (bicyclic) bond motifs is 1. The summed E-state index contributed by atoms with van der Waals surface area (Å²) >= 11 is 0. The molecule has 0 unspecified atom stereocenters. The van der Waals surface area contributed by atoms with E-state index in [1.165, 1.54) is 0 Å². The lowest BCUT2D eigenvalue weighted by Crippen LogP contribution is -2.19. The van der Waals surface area contributed by atoms with Crippen LogP contribution in [0.25, 0.3) is 5.65 Å². The highest BCUT2D eigenvalue weighted by molar-refractivity contribution is 5.66. The first-order valence-electron chi connectivity index (χ1n) is 6.03. The van der Waals surface area contributed by atoms with Crippen molar-refractivity contribution in [3.63, 3.8) is 0 Å². The molecule has 6 heteroatoms. The maximum atomic E-state index is 5.36. The Balaban J connectivity index is 2.00. The van der Waals surface area contributed by atoms with Crippen molar-refractivity contribution in [1.82, 2.24) is 14.4 Å². The Hall–Kier alpha value is -2.50. The van der Waals surface area contributed by atoms with Gasteiger partial charge in [0.1, 0.15) is 11.6 Å². The van der Waals surface area contributed by atoms with E-state index in [-0.39, 0.29) is 0 Å². The molecule has 19 heavy (non-hydrogen) atoms. The first-order valence-corrected chi connectivity index (χ1v) is 6.03. The summed E-state index contributed by atoms with van der Waals surface area (Å²) in [7, 11) is 3.82. The van der Waals surface area contributed by atoms with Gasteiger partial charge in [-0.2, -0.15) is 0 Å². The number of nitrogens with zero attached hydrogens (tertiary/aromatic N) is 4. The molecule has 0 aromatic carbocycles. The Morgan fingerprint density at radius 3 is 3.11 bits per heavy atom. The van der Waals surface area contributed by atoms with Crippen molar-refractivity contribution >= 4 is 17.3 Å². The minimum atomic E-state index is 0.648. The molecule has 3 heterocycles. The largest absolute Gasteiger partial charge is 0.467 e. The maximum absolute atomic E-state index is 5.36. The highest BCUT2D eigenvalue weighted by atomic mass is 16.3. The summed E-state index contributed by atoms with van der Waals surface area (Å²) in [6.07, 6.45) is 7.25. The van der Waals surface area contributed by atoms with Gasteiger partial charge in [0.05, 0.1) is 19.0 Å². The van der Waals surface area contributed by atoms with E-state index in [9.17, 15) is 0 Å². The standard InChI is InChI=1S/C13H15N5O/c1-14-11-9-18-6-5-15-12(18)13(16-11)17(2)8-10-4-3-7-19-10/h3-7,9,14H,8H2,1-2H3. The number of hydrogen-bond acceptors (Lipinski definition) is 5. The second kappa shape index (κ2) is 4.64. The summed E-state index contributed by atoms with van der Waals surface area (Å²) in [4.78, 5) is 10.9. The minimum absolute atomic E-state index is 0.648. The van der Waals surface area contributed by atoms with Gasteiger partial charge in [0.2, 0.25) is 0 Å². The smallest absolute Gasteiger partial charge is 0.180 e. The van der Waals surface area contributed by atoms with E-state index >= 15 is 0 Å². The van der Waals surface area contributed by atoms with Gasteiger partial charge in [0.25, 0.3) is 0 Å². The molecule has 0 aliphatic carbocycles. The Morgan fingerprint density at radius 2 is 2.37 bits per heavy atom. The lowest BCUT2D eigenvalue weighted by molar-refractivity contribution is 0.507. The van der Waals surface area contributed by atoms with Gasteiger partial charge < -0.3 is 19.0 Å². The Kier molecular flexibility index (Phi) is 2.83. The molecule has 3 rings (SSSR count). The van der Waals surface area contributed by atoms with Gasteiger partial charge in [-0.1, -0.05) is 0 Å². The van der Waals surface area contributed by atoms with E-state index in [1.54, 1.807) is 12.5 Å². The van der Waals surface area contributed by atoms with E-state index in [0.29, 0.717) is 6.54 Å². The van der Waals surface area contributed by atoms with Crippen LogP contribution in [0.2, 0.25) is 0 Å². The Labute approximate surface area is 110 Å². The van der Waals surface area contributed by atoms with Gasteiger partial charge in [-0.3, -0.25) is 0 Å². The minimum Gasteiger partial charge on any atom is -0.467 e. The molecule has 3 aromatic rings. The number of furan rings is 1. The van der Waals surface area contributed by atoms with Crippen LogP contribution in [-0.4, -0.2) is 28.5 Å². The molecule has 0 saturated carbocycles. The van der Waals surface area contributed by atoms with Crippen molar-refractivity contribution in [2.45, 2.75) is 6.54 Å². The van der Waals surface area contributed by atoms with Crippen LogP contribution in [0.15, 0.2) is 41.4 Å². The Bertz CT molecular complexity index is 673. The second-order valence-electron chi connectivity index (χ2n) is 4.29. The van der Waals surface area contributed by atoms with Gasteiger partial charge in [0.15, 0.2) is 11.5 Å². The molecular weight excluding hydrogens is 242 g/mol. The topological polar surface area (TPSA) is 58.6 Å². The maximum Gasteiger partial charge on any atom is 0.180 e. The van der Waals surface area contributed by atoms with E-state index in [0.717, 1.165) is 23.0 Å². The van der Waals surface area contributed by atoms with Crippen LogP contribution in [0.5, 0.6) is 0 Å². The van der Waals surface area contributed by atoms with Crippen molar-refractivity contribution in [3.05, 3.63) is 42.7 Å². The highest BCUT2D eigenvalue weighted by Gasteiger charge is 2.12. The first kappa shape index (κ1) is 11.6. The molecule has 0 fully saturated rings. The summed E-state index contributed by atoms with van der Waals surface area (Å²) in [5.74, 6) is 2.50. The van der Waals surface area contributed by atoms with Crippen molar-refractivity contribution < 1.29 is 4.42 Å². The first-order chi connectivity index (χ1) is 9.28. The molecule has 0 spiro atoms. The molecule has 0 atom stereocenters. The van der Waals surface area contributed by atoms with E-state index in [2.05, 4.69) is 15.3 Å². The van der Waals surface area contributed by atoms with Crippen molar-refractivity contribution in [2.75, 3.05) is 24.3 Å². The zero-order valence-electron chi connectivity index (χ0n) is 10.9. The van der Waals surface area contributed by atoms with E-state index in [1.807, 2.05) is 47.9 Å². The number of imidazole rings is 1. The number of hydrogen-bond donors (Lipinski definition) is 1. The van der Waals surface area contributed by atoms with Crippen LogP contribution in [0.4, 0.5) is 11.6 Å². The highest BCUT2D eigenvalue weighted by Crippen LogP contribution is 2.21. The number of anilines is 2. The van der Waals surface area contributed by atoms with Crippen molar-refractivity contribution in [1.29, 1.82) is 0 Å². The lowest BCUT2D eigenvalue weighted by Gasteiger charge is -2.18. The molecule has 1 N–H and O–H groups in total. The molecular formula is C13H15N5O. The van der Waals surface area contributed by atoms with Crippen LogP contribution in [-0.2, 0) is 6.54 Å². The molecule has 0 amide bonds. The molecule has 0 aliphatic heterocycles. The monoisotopic (exact) mass is 257 g/mol. The molecule has 6 nitrogen and oxygen atoms in total. The fraction of sp³-hybridized carbons (Fsp3) is 0.231. The van der Waals surface area contributed by atoms with Gasteiger partial charge in [-0.15, -0.1) is 0 Å². The third-order valence-corrected chi connectivity index (χ3v) is 2.95. The average molecular weight is 257 g/mol. The van der Waals surface area contributed by atoms with Gasteiger partial charge in [-0.25, -0.2) is 9.97 Å². The molecule has 3 aromatic heterocycles. The molecule has 0 radical (unpaired) electrons. The van der Waals surface area contributed by atoms with Crippen LogP contribution in [0, 0.1) is 0 Å². The average Bonchev–Trinajstić information content (AvgIpc) is 3.07. The van der Waals surface area contributed by atoms with Gasteiger partial charge >= 0.3 is 0 Å². The fourth-order valence-electron chi connectivity index (χ4n) is 2.00. The van der Waals surface area contributed by atoms with E-state index < -0.39 is 0 Å². The molecule has 0 saturated heterocycles. The summed E-state index contributed by atoms with van der Waals surface area (Å²) in [6, 6.07) is 3.83. The van der Waals surface area contributed by atoms with E-state index in [4.69, 9.17) is 4.42 Å². The van der Waals surface area contributed by atoms with Crippen LogP contribution < -0.4 is 10.2 Å². The zero-order chi connectivity index (χ0) is 13.2. The fourth-order valence-corrected chi connectivity index (χ4v) is 2.00. The summed E-state index contributed by atoms with van der Waals surface area (Å²) in [6.45, 7) is 0.648. The van der Waals surface area contributed by atoms with Crippen LogP contribution in [0.1, 0.15) is 5.76 Å². The SMILES string of the molecule is CNc1cn2ccnc2c(N(C)Cc2ccco2)n1. The predicted molar refractivity (Wildman–Crippen MR) is 73.3 cm³/mol. The van der Waals surface area contributed by atoms with Gasteiger partial charge in [-0.05, 0) is 12.1 Å². The third kappa shape index (κ3) is 2.12.